The van der Waals surface area contributed by atoms with E-state index in [1.807, 2.05) is 33.8 Å². The van der Waals surface area contributed by atoms with E-state index in [1.54, 1.807) is 36.7 Å². The number of Topliss-reactive ketones (excluding diaryl/α,β-unsaturated/α-hetero) is 1. The molecular formula is C24H28N2O4. The van der Waals surface area contributed by atoms with Crippen LogP contribution in [0.2, 0.25) is 0 Å². The van der Waals surface area contributed by atoms with Crippen molar-refractivity contribution < 1.29 is 19.4 Å². The molecule has 0 aliphatic carbocycles. The van der Waals surface area contributed by atoms with E-state index in [0.717, 1.165) is 18.4 Å². The van der Waals surface area contributed by atoms with Crippen LogP contribution in [0.5, 0.6) is 5.75 Å². The highest BCUT2D eigenvalue weighted by Crippen LogP contribution is 2.39. The highest BCUT2D eigenvalue weighted by atomic mass is 16.5. The Balaban J connectivity index is 2.10. The van der Waals surface area contributed by atoms with Crippen LogP contribution in [0, 0.1) is 6.92 Å². The first-order valence-electron chi connectivity index (χ1n) is 10.3. The van der Waals surface area contributed by atoms with Gasteiger partial charge in [0.2, 0.25) is 0 Å². The van der Waals surface area contributed by atoms with Crippen molar-refractivity contribution in [2.24, 2.45) is 0 Å². The minimum atomic E-state index is -0.669. The fourth-order valence-corrected chi connectivity index (χ4v) is 3.66. The number of pyridine rings is 1. The number of unbranched alkanes of at least 4 members (excludes halogenated alkanes) is 1. The molecule has 6 heteroatoms. The number of rotatable bonds is 7. The molecule has 1 aliphatic rings. The number of ether oxygens (including phenoxy) is 1. The largest absolute Gasteiger partial charge is 0.507 e. The second kappa shape index (κ2) is 9.11. The van der Waals surface area contributed by atoms with Crippen LogP contribution in [0.15, 0.2) is 48.3 Å². The maximum absolute atomic E-state index is 12.9. The number of nitrogens with zero attached hydrogens (tertiary/aromatic N) is 2. The summed E-state index contributed by atoms with van der Waals surface area (Å²) in [5.74, 6) is -0.720. The fourth-order valence-electron chi connectivity index (χ4n) is 3.66. The van der Waals surface area contributed by atoms with Crippen molar-refractivity contribution in [1.29, 1.82) is 0 Å². The summed E-state index contributed by atoms with van der Waals surface area (Å²) in [5.41, 5.74) is 2.11. The normalized spacial score (nSPS) is 18.3. The molecule has 1 saturated heterocycles. The first-order valence-corrected chi connectivity index (χ1v) is 10.3. The number of amides is 1. The van der Waals surface area contributed by atoms with Crippen LogP contribution >= 0.6 is 0 Å². The molecule has 0 saturated carbocycles. The van der Waals surface area contributed by atoms with Crippen molar-refractivity contribution in [3.63, 3.8) is 0 Å². The number of aliphatic hydroxyl groups is 1. The van der Waals surface area contributed by atoms with Crippen molar-refractivity contribution in [1.82, 2.24) is 9.88 Å². The van der Waals surface area contributed by atoms with E-state index in [1.165, 1.54) is 4.90 Å². The number of carbonyl (C=O) groups is 2. The van der Waals surface area contributed by atoms with Gasteiger partial charge >= 0.3 is 0 Å². The Kier molecular flexibility index (Phi) is 6.55. The summed E-state index contributed by atoms with van der Waals surface area (Å²) in [6, 6.07) is 8.18. The lowest BCUT2D eigenvalue weighted by Gasteiger charge is -2.25. The Labute approximate surface area is 177 Å². The number of benzene rings is 1. The molecule has 6 nitrogen and oxygen atoms in total. The monoisotopic (exact) mass is 408 g/mol. The first-order chi connectivity index (χ1) is 14.3. The van der Waals surface area contributed by atoms with Crippen LogP contribution in [-0.4, -0.2) is 39.3 Å². The van der Waals surface area contributed by atoms with Crippen molar-refractivity contribution in [3.8, 4) is 5.75 Å². The third-order valence-corrected chi connectivity index (χ3v) is 5.10. The molecule has 30 heavy (non-hydrogen) atoms. The van der Waals surface area contributed by atoms with Gasteiger partial charge in [-0.2, -0.15) is 0 Å². The number of ketones is 1. The Hall–Kier alpha value is -3.15. The number of aliphatic hydroxyl groups excluding tert-OH is 1. The van der Waals surface area contributed by atoms with E-state index < -0.39 is 17.7 Å². The molecule has 1 amide bonds. The Bertz CT molecular complexity index is 966. The zero-order valence-corrected chi connectivity index (χ0v) is 17.9. The Morgan fingerprint density at radius 2 is 2.03 bits per heavy atom. The Morgan fingerprint density at radius 3 is 2.63 bits per heavy atom. The summed E-state index contributed by atoms with van der Waals surface area (Å²) in [7, 11) is 0. The highest BCUT2D eigenvalue weighted by molar-refractivity contribution is 6.46. The van der Waals surface area contributed by atoms with Crippen LogP contribution in [0.4, 0.5) is 0 Å². The third kappa shape index (κ3) is 4.22. The lowest BCUT2D eigenvalue weighted by molar-refractivity contribution is -0.139. The molecule has 1 N–H and O–H groups in total. The molecule has 0 spiro atoms. The van der Waals surface area contributed by atoms with Gasteiger partial charge in [-0.25, -0.2) is 0 Å². The van der Waals surface area contributed by atoms with Gasteiger partial charge in [0.05, 0.1) is 17.7 Å². The molecule has 1 aliphatic heterocycles. The van der Waals surface area contributed by atoms with Crippen molar-refractivity contribution in [2.45, 2.75) is 52.7 Å². The van der Waals surface area contributed by atoms with Crippen LogP contribution in [0.1, 0.15) is 56.3 Å². The SMILES string of the molecule is CCCCN1C(=O)C(=O)/C(=C(\O)c2ccc(OC(C)C)c(C)c2)C1c1cccnc1. The number of likely N-dealkylation sites (tertiary alicyclic amines) is 1. The molecule has 1 fully saturated rings. The number of carbonyl (C=O) groups excluding carboxylic acids is 2. The van der Waals surface area contributed by atoms with Crippen LogP contribution < -0.4 is 4.74 Å². The zero-order chi connectivity index (χ0) is 21.8. The second-order valence-electron chi connectivity index (χ2n) is 7.78. The fraction of sp³-hybridized carbons (Fsp3) is 0.375. The van der Waals surface area contributed by atoms with Crippen LogP contribution in [-0.2, 0) is 9.59 Å². The predicted octanol–water partition coefficient (Wildman–Crippen LogP) is 4.40. The van der Waals surface area contributed by atoms with Crippen molar-refractivity contribution >= 4 is 17.4 Å². The Morgan fingerprint density at radius 1 is 1.27 bits per heavy atom. The van der Waals surface area contributed by atoms with Gasteiger partial charge in [0.25, 0.3) is 11.7 Å². The smallest absolute Gasteiger partial charge is 0.295 e. The van der Waals surface area contributed by atoms with Crippen LogP contribution in [0.3, 0.4) is 0 Å². The summed E-state index contributed by atoms with van der Waals surface area (Å²) in [4.78, 5) is 31.4. The third-order valence-electron chi connectivity index (χ3n) is 5.10. The minimum Gasteiger partial charge on any atom is -0.507 e. The molecule has 158 valence electrons. The summed E-state index contributed by atoms with van der Waals surface area (Å²) in [5, 5.41) is 11.1. The van der Waals surface area contributed by atoms with E-state index in [9.17, 15) is 14.7 Å². The van der Waals surface area contributed by atoms with Gasteiger partial charge in [0.15, 0.2) is 0 Å². The van der Waals surface area contributed by atoms with Gasteiger partial charge in [0.1, 0.15) is 11.5 Å². The topological polar surface area (TPSA) is 79.7 Å². The quantitative estimate of drug-likeness (QED) is 0.417. The number of aromatic nitrogens is 1. The van der Waals surface area contributed by atoms with E-state index in [2.05, 4.69) is 4.98 Å². The molecule has 1 aromatic heterocycles. The average Bonchev–Trinajstić information content (AvgIpc) is 2.98. The zero-order valence-electron chi connectivity index (χ0n) is 17.9. The maximum atomic E-state index is 12.9. The van der Waals surface area contributed by atoms with Gasteiger partial charge in [-0.05, 0) is 62.6 Å². The lowest BCUT2D eigenvalue weighted by atomic mass is 9.95. The highest BCUT2D eigenvalue weighted by Gasteiger charge is 2.45. The second-order valence-corrected chi connectivity index (χ2v) is 7.78. The minimum absolute atomic E-state index is 0.0256. The van der Waals surface area contributed by atoms with E-state index in [0.29, 0.717) is 23.4 Å². The summed E-state index contributed by atoms with van der Waals surface area (Å²) in [6.45, 7) is 8.24. The van der Waals surface area contributed by atoms with Crippen LogP contribution in [0.25, 0.3) is 5.76 Å². The lowest BCUT2D eigenvalue weighted by Crippen LogP contribution is -2.30. The van der Waals surface area contributed by atoms with E-state index in [-0.39, 0.29) is 17.4 Å². The van der Waals surface area contributed by atoms with Crippen molar-refractivity contribution in [2.75, 3.05) is 6.54 Å². The average molecular weight is 408 g/mol. The molecule has 1 unspecified atom stereocenters. The predicted molar refractivity (Wildman–Crippen MR) is 115 cm³/mol. The van der Waals surface area contributed by atoms with Gasteiger partial charge < -0.3 is 14.7 Å². The summed E-state index contributed by atoms with van der Waals surface area (Å²) < 4.78 is 5.76. The van der Waals surface area contributed by atoms with Crippen molar-refractivity contribution in [3.05, 3.63) is 65.0 Å². The molecule has 1 atom stereocenters. The molecular weight excluding hydrogens is 380 g/mol. The number of aryl methyl sites for hydroxylation is 1. The van der Waals surface area contributed by atoms with E-state index >= 15 is 0 Å². The van der Waals surface area contributed by atoms with E-state index in [4.69, 9.17) is 4.74 Å². The number of hydrogen-bond donors (Lipinski definition) is 1. The number of hydrogen-bond acceptors (Lipinski definition) is 5. The van der Waals surface area contributed by atoms with Gasteiger partial charge in [-0.3, -0.25) is 14.6 Å². The molecule has 3 rings (SSSR count). The first kappa shape index (κ1) is 21.6. The standard InChI is InChI=1S/C24H28N2O4/c1-5-6-12-26-21(18-8-7-11-25-14-18)20(23(28)24(26)29)22(27)17-9-10-19(16(4)13-17)30-15(2)3/h7-11,13-15,21,27H,5-6,12H2,1-4H3/b22-20-. The van der Waals surface area contributed by atoms with Gasteiger partial charge in [0, 0.05) is 24.5 Å². The molecule has 2 heterocycles. The molecule has 2 aromatic rings. The molecule has 0 bridgehead atoms. The summed E-state index contributed by atoms with van der Waals surface area (Å²) >= 11 is 0. The molecule has 1 aromatic carbocycles. The van der Waals surface area contributed by atoms with Gasteiger partial charge in [-0.15, -0.1) is 0 Å². The maximum Gasteiger partial charge on any atom is 0.295 e. The molecule has 0 radical (unpaired) electrons. The summed E-state index contributed by atoms with van der Waals surface area (Å²) in [6.07, 6.45) is 4.95. The van der Waals surface area contributed by atoms with Gasteiger partial charge in [-0.1, -0.05) is 19.4 Å².